The number of carboxylic acids is 1. The Bertz CT molecular complexity index is 825. The maximum atomic E-state index is 13.6. The van der Waals surface area contributed by atoms with Crippen molar-refractivity contribution in [3.8, 4) is 0 Å². The van der Waals surface area contributed by atoms with Crippen molar-refractivity contribution in [2.24, 2.45) is 0 Å². The molecule has 2 aromatic rings. The summed E-state index contributed by atoms with van der Waals surface area (Å²) in [7, 11) is 0. The second-order valence-electron chi connectivity index (χ2n) is 6.56. The fourth-order valence-corrected chi connectivity index (χ4v) is 3.22. The van der Waals surface area contributed by atoms with Crippen LogP contribution in [-0.4, -0.2) is 23.9 Å². The van der Waals surface area contributed by atoms with Gasteiger partial charge in [-0.2, -0.15) is 13.2 Å². The average Bonchev–Trinajstić information content (AvgIpc) is 2.65. The minimum absolute atomic E-state index is 0.0665. The molecule has 2 N–H and O–H groups in total. The van der Waals surface area contributed by atoms with E-state index < -0.39 is 18.2 Å². The van der Waals surface area contributed by atoms with Gasteiger partial charge in [-0.3, -0.25) is 4.79 Å². The molecule has 0 fully saturated rings. The summed E-state index contributed by atoms with van der Waals surface area (Å²) >= 11 is 5.88. The van der Waals surface area contributed by atoms with Crippen LogP contribution in [-0.2, 0) is 9.53 Å². The second-order valence-corrected chi connectivity index (χ2v) is 7.00. The van der Waals surface area contributed by atoms with Crippen molar-refractivity contribution in [1.29, 1.82) is 0 Å². The van der Waals surface area contributed by atoms with E-state index in [4.69, 9.17) is 21.4 Å². The normalized spacial score (nSPS) is 13.7. The Morgan fingerprint density at radius 2 is 1.83 bits per heavy atom. The number of hydrogen-bond donors (Lipinski definition) is 2. The highest BCUT2D eigenvalue weighted by Crippen LogP contribution is 2.41. The second kappa shape index (κ2) is 9.98. The van der Waals surface area contributed by atoms with Crippen molar-refractivity contribution in [3.63, 3.8) is 0 Å². The summed E-state index contributed by atoms with van der Waals surface area (Å²) in [4.78, 5) is 11.1. The van der Waals surface area contributed by atoms with Gasteiger partial charge in [0.2, 0.25) is 0 Å². The summed E-state index contributed by atoms with van der Waals surface area (Å²) in [6, 6.07) is 11.0. The molecule has 0 aliphatic carbocycles. The monoisotopic (exact) mass is 429 g/mol. The predicted octanol–water partition coefficient (Wildman–Crippen LogP) is 6.69. The molecule has 0 amide bonds. The number of carbonyl (C=O) groups is 1. The standard InChI is InChI=1S/C21H23ClF3NO3/c1-3-13(12-19(27)28)14-5-10-17(20(29-4-2)21(23,24)25)18(11-14)26-16-8-6-15(22)7-9-16/h5-11,13,20,26H,3-4,12H2,1-2H3,(H,27,28). The van der Waals surface area contributed by atoms with Gasteiger partial charge in [-0.05, 0) is 55.2 Å². The quantitative estimate of drug-likeness (QED) is 0.466. The first kappa shape index (κ1) is 23.0. The van der Waals surface area contributed by atoms with Gasteiger partial charge >= 0.3 is 12.1 Å². The van der Waals surface area contributed by atoms with Crippen LogP contribution in [0.3, 0.4) is 0 Å². The van der Waals surface area contributed by atoms with Crippen LogP contribution in [0.5, 0.6) is 0 Å². The van der Waals surface area contributed by atoms with Crippen molar-refractivity contribution in [2.75, 3.05) is 11.9 Å². The van der Waals surface area contributed by atoms with Crippen LogP contribution in [0.4, 0.5) is 24.5 Å². The number of benzene rings is 2. The molecule has 0 heterocycles. The fraction of sp³-hybridized carbons (Fsp3) is 0.381. The minimum Gasteiger partial charge on any atom is -0.481 e. The molecule has 2 unspecified atom stereocenters. The fourth-order valence-electron chi connectivity index (χ4n) is 3.09. The average molecular weight is 430 g/mol. The molecule has 2 aromatic carbocycles. The molecule has 2 rings (SSSR count). The minimum atomic E-state index is -4.60. The number of halogens is 4. The lowest BCUT2D eigenvalue weighted by Crippen LogP contribution is -2.24. The lowest BCUT2D eigenvalue weighted by atomic mass is 9.91. The molecule has 0 saturated carbocycles. The lowest BCUT2D eigenvalue weighted by molar-refractivity contribution is -0.222. The Morgan fingerprint density at radius 1 is 1.17 bits per heavy atom. The van der Waals surface area contributed by atoms with E-state index in [0.29, 0.717) is 22.7 Å². The number of nitrogens with one attached hydrogen (secondary N) is 1. The van der Waals surface area contributed by atoms with Crippen LogP contribution in [0.2, 0.25) is 5.02 Å². The molecule has 0 aliphatic rings. The van der Waals surface area contributed by atoms with Crippen molar-refractivity contribution in [3.05, 3.63) is 58.6 Å². The van der Waals surface area contributed by atoms with Crippen LogP contribution >= 0.6 is 11.6 Å². The Balaban J connectivity index is 2.53. The Labute approximate surface area is 172 Å². The largest absolute Gasteiger partial charge is 0.481 e. The Morgan fingerprint density at radius 3 is 2.34 bits per heavy atom. The molecule has 0 aromatic heterocycles. The summed E-state index contributed by atoms with van der Waals surface area (Å²) in [6.07, 6.45) is -6.26. The molecule has 0 radical (unpaired) electrons. The number of hydrogen-bond acceptors (Lipinski definition) is 3. The maximum absolute atomic E-state index is 13.6. The van der Waals surface area contributed by atoms with Crippen molar-refractivity contribution >= 4 is 28.9 Å². The number of carboxylic acid groups (broad SMARTS) is 1. The van der Waals surface area contributed by atoms with Gasteiger partial charge in [-0.25, -0.2) is 0 Å². The van der Waals surface area contributed by atoms with Gasteiger partial charge < -0.3 is 15.2 Å². The number of aliphatic carboxylic acids is 1. The summed E-state index contributed by atoms with van der Waals surface area (Å²) < 4.78 is 45.8. The summed E-state index contributed by atoms with van der Waals surface area (Å²) in [5.74, 6) is -1.28. The molecule has 158 valence electrons. The van der Waals surface area contributed by atoms with Gasteiger partial charge in [0, 0.05) is 28.6 Å². The van der Waals surface area contributed by atoms with E-state index in [2.05, 4.69) is 5.32 Å². The first-order valence-corrected chi connectivity index (χ1v) is 9.60. The van der Waals surface area contributed by atoms with Crippen molar-refractivity contribution in [2.45, 2.75) is 44.9 Å². The van der Waals surface area contributed by atoms with Crippen LogP contribution in [0.15, 0.2) is 42.5 Å². The summed E-state index contributed by atoms with van der Waals surface area (Å²) in [5, 5.41) is 12.6. The molecule has 29 heavy (non-hydrogen) atoms. The number of alkyl halides is 3. The number of ether oxygens (including phenoxy) is 1. The highest BCUT2D eigenvalue weighted by molar-refractivity contribution is 6.30. The van der Waals surface area contributed by atoms with E-state index in [1.165, 1.54) is 19.1 Å². The van der Waals surface area contributed by atoms with Gasteiger partial charge in [0.25, 0.3) is 0 Å². The number of anilines is 2. The van der Waals surface area contributed by atoms with Crippen LogP contribution in [0.25, 0.3) is 0 Å². The third-order valence-corrected chi connectivity index (χ3v) is 4.75. The SMILES string of the molecule is CCOC(c1ccc(C(CC)CC(=O)O)cc1Nc1ccc(Cl)cc1)C(F)(F)F. The predicted molar refractivity (Wildman–Crippen MR) is 107 cm³/mol. The summed E-state index contributed by atoms with van der Waals surface area (Å²) in [5.41, 5.74) is 1.34. The van der Waals surface area contributed by atoms with E-state index in [-0.39, 0.29) is 30.2 Å². The number of rotatable bonds is 9. The molecule has 4 nitrogen and oxygen atoms in total. The first-order chi connectivity index (χ1) is 13.7. The third kappa shape index (κ3) is 6.37. The zero-order chi connectivity index (χ0) is 21.6. The lowest BCUT2D eigenvalue weighted by Gasteiger charge is -2.25. The van der Waals surface area contributed by atoms with Gasteiger partial charge in [0.15, 0.2) is 6.10 Å². The van der Waals surface area contributed by atoms with E-state index in [1.807, 2.05) is 6.92 Å². The Hall–Kier alpha value is -2.25. The molecule has 8 heteroatoms. The molecule has 0 saturated heterocycles. The van der Waals surface area contributed by atoms with Crippen LogP contribution in [0, 0.1) is 0 Å². The van der Waals surface area contributed by atoms with E-state index in [1.54, 1.807) is 30.3 Å². The first-order valence-electron chi connectivity index (χ1n) is 9.22. The van der Waals surface area contributed by atoms with Crippen molar-refractivity contribution < 1.29 is 27.8 Å². The molecule has 2 atom stereocenters. The molecular weight excluding hydrogens is 407 g/mol. The summed E-state index contributed by atoms with van der Waals surface area (Å²) in [6.45, 7) is 3.23. The van der Waals surface area contributed by atoms with Gasteiger partial charge in [-0.1, -0.05) is 30.7 Å². The van der Waals surface area contributed by atoms with Gasteiger partial charge in [-0.15, -0.1) is 0 Å². The smallest absolute Gasteiger partial charge is 0.418 e. The zero-order valence-corrected chi connectivity index (χ0v) is 16.8. The zero-order valence-electron chi connectivity index (χ0n) is 16.1. The highest BCUT2D eigenvalue weighted by atomic mass is 35.5. The molecule has 0 bridgehead atoms. The van der Waals surface area contributed by atoms with E-state index in [0.717, 1.165) is 0 Å². The van der Waals surface area contributed by atoms with E-state index >= 15 is 0 Å². The van der Waals surface area contributed by atoms with Crippen LogP contribution < -0.4 is 5.32 Å². The highest BCUT2D eigenvalue weighted by Gasteiger charge is 2.43. The van der Waals surface area contributed by atoms with Gasteiger partial charge in [0.1, 0.15) is 0 Å². The topological polar surface area (TPSA) is 58.6 Å². The molecule has 0 aliphatic heterocycles. The molecule has 0 spiro atoms. The Kier molecular flexibility index (Phi) is 7.93. The van der Waals surface area contributed by atoms with Crippen LogP contribution in [0.1, 0.15) is 49.8 Å². The van der Waals surface area contributed by atoms with Crippen molar-refractivity contribution in [1.82, 2.24) is 0 Å². The third-order valence-electron chi connectivity index (χ3n) is 4.50. The van der Waals surface area contributed by atoms with E-state index in [9.17, 15) is 18.0 Å². The molecular formula is C21H23ClF3NO3. The maximum Gasteiger partial charge on any atom is 0.418 e. The van der Waals surface area contributed by atoms with Gasteiger partial charge in [0.05, 0.1) is 6.42 Å².